The van der Waals surface area contributed by atoms with Crippen molar-refractivity contribution in [3.8, 4) is 27.9 Å². The number of anilines is 11. The standard InChI is InChI=1S/C87H59N5/c1-5-28-62(29-6-1)89(63-30-7-2-8-31-63)66-47-49-67(50-48-66)91(83-45-22-27-60-25-14-16-37-71(60)83)69-51-54-74-73-53-46-61(56-80(73)87(81(74)58-69)78-41-18-20-44-85(78)92-84-43-19-17-38-75(84)76-40-23-42-79(87)86(76)92)88-82-55-52-68(57-77(82)72-39-21-26-59-24-13-15-36-70(59)72)90(64-32-9-3-10-33-64)65-34-11-4-12-35-65/h1-58,88H. The number of benzene rings is 15. The lowest BCUT2D eigenvalue weighted by Gasteiger charge is -2.40. The highest BCUT2D eigenvalue weighted by Crippen LogP contribution is 2.63. The normalized spacial score (nSPS) is 13.5. The van der Waals surface area contributed by atoms with Gasteiger partial charge in [0.2, 0.25) is 0 Å². The van der Waals surface area contributed by atoms with E-state index in [2.05, 4.69) is 376 Å². The average molecular weight is 1170 g/mol. The summed E-state index contributed by atoms with van der Waals surface area (Å²) in [4.78, 5) is 7.16. The van der Waals surface area contributed by atoms with E-state index in [0.717, 1.165) is 73.7 Å². The van der Waals surface area contributed by atoms with Gasteiger partial charge in [-0.2, -0.15) is 0 Å². The van der Waals surface area contributed by atoms with Gasteiger partial charge in [-0.25, -0.2) is 0 Å². The number of para-hydroxylation sites is 7. The van der Waals surface area contributed by atoms with Gasteiger partial charge in [0, 0.05) is 78.6 Å². The van der Waals surface area contributed by atoms with Crippen molar-refractivity contribution in [3.05, 3.63) is 374 Å². The second kappa shape index (κ2) is 21.6. The summed E-state index contributed by atoms with van der Waals surface area (Å²) in [6.45, 7) is 0. The Labute approximate surface area is 534 Å². The molecule has 0 radical (unpaired) electrons. The van der Waals surface area contributed by atoms with Crippen molar-refractivity contribution in [2.45, 2.75) is 5.41 Å². The van der Waals surface area contributed by atoms with E-state index in [9.17, 15) is 0 Å². The van der Waals surface area contributed by atoms with Crippen LogP contribution in [0, 0.1) is 0 Å². The van der Waals surface area contributed by atoms with E-state index < -0.39 is 5.41 Å². The Morgan fingerprint density at radius 2 is 0.717 bits per heavy atom. The largest absolute Gasteiger partial charge is 0.355 e. The minimum Gasteiger partial charge on any atom is -0.355 e. The summed E-state index contributed by atoms with van der Waals surface area (Å²) < 4.78 is 2.54. The first-order valence-electron chi connectivity index (χ1n) is 31.7. The van der Waals surface area contributed by atoms with Crippen LogP contribution in [0.2, 0.25) is 0 Å². The van der Waals surface area contributed by atoms with Gasteiger partial charge in [0.15, 0.2) is 0 Å². The summed E-state index contributed by atoms with van der Waals surface area (Å²) in [5.41, 5.74) is 24.2. The van der Waals surface area contributed by atoms with Crippen LogP contribution in [0.15, 0.2) is 352 Å². The number of fused-ring (bicyclic) bond motifs is 14. The molecule has 5 nitrogen and oxygen atoms in total. The molecule has 0 bridgehead atoms. The van der Waals surface area contributed by atoms with Crippen LogP contribution in [0.4, 0.5) is 62.6 Å². The molecule has 0 fully saturated rings. The smallest absolute Gasteiger partial charge is 0.0756 e. The average Bonchev–Trinajstić information content (AvgIpc) is 1.48. The molecule has 1 aliphatic carbocycles. The molecule has 16 aromatic rings. The van der Waals surface area contributed by atoms with Crippen molar-refractivity contribution in [2.24, 2.45) is 0 Å². The van der Waals surface area contributed by atoms with Crippen molar-refractivity contribution < 1.29 is 0 Å². The van der Waals surface area contributed by atoms with Crippen LogP contribution in [0.1, 0.15) is 22.3 Å². The Bertz CT molecular complexity index is 5420. The molecular formula is C87H59N5. The molecule has 1 atom stereocenters. The fraction of sp³-hybridized carbons (Fsp3) is 0.0115. The van der Waals surface area contributed by atoms with Crippen molar-refractivity contribution in [1.29, 1.82) is 0 Å². The topological polar surface area (TPSA) is 26.7 Å². The number of hydrogen-bond acceptors (Lipinski definition) is 4. The molecule has 5 heteroatoms. The monoisotopic (exact) mass is 1170 g/mol. The molecule has 0 saturated carbocycles. The Morgan fingerprint density at radius 1 is 0.261 bits per heavy atom. The predicted molar refractivity (Wildman–Crippen MR) is 386 cm³/mol. The zero-order chi connectivity index (χ0) is 60.7. The zero-order valence-electron chi connectivity index (χ0n) is 50.3. The lowest BCUT2D eigenvalue weighted by Crippen LogP contribution is -2.33. The van der Waals surface area contributed by atoms with Crippen molar-refractivity contribution >= 4 is 106 Å². The molecule has 1 aliphatic heterocycles. The van der Waals surface area contributed by atoms with E-state index in [1.54, 1.807) is 0 Å². The fourth-order valence-electron chi connectivity index (χ4n) is 15.2. The second-order valence-electron chi connectivity index (χ2n) is 24.1. The molecule has 18 rings (SSSR count). The second-order valence-corrected chi connectivity index (χ2v) is 24.1. The third-order valence-corrected chi connectivity index (χ3v) is 19.1. The fourth-order valence-corrected chi connectivity index (χ4v) is 15.2. The minimum absolute atomic E-state index is 0.771. The molecule has 15 aromatic carbocycles. The Morgan fingerprint density at radius 3 is 1.40 bits per heavy atom. The Balaban J connectivity index is 0.854. The maximum atomic E-state index is 4.14. The van der Waals surface area contributed by atoms with Gasteiger partial charge in [0.1, 0.15) is 0 Å². The number of nitrogens with one attached hydrogen (secondary N) is 1. The molecule has 1 N–H and O–H groups in total. The Hall–Kier alpha value is -12.2. The lowest BCUT2D eigenvalue weighted by molar-refractivity contribution is 0.749. The molecular weight excluding hydrogens is 1110 g/mol. The van der Waals surface area contributed by atoms with Crippen LogP contribution in [0.5, 0.6) is 0 Å². The van der Waals surface area contributed by atoms with Crippen LogP contribution < -0.4 is 20.0 Å². The summed E-state index contributed by atoms with van der Waals surface area (Å²) in [5, 5.41) is 11.4. The van der Waals surface area contributed by atoms with E-state index in [4.69, 9.17) is 0 Å². The van der Waals surface area contributed by atoms with E-state index in [-0.39, 0.29) is 0 Å². The number of nitrogens with zero attached hydrogens (tertiary/aromatic N) is 4. The van der Waals surface area contributed by atoms with Crippen LogP contribution in [-0.4, -0.2) is 4.57 Å². The van der Waals surface area contributed by atoms with Crippen LogP contribution >= 0.6 is 0 Å². The van der Waals surface area contributed by atoms with Crippen LogP contribution in [0.25, 0.3) is 71.3 Å². The molecule has 0 amide bonds. The van der Waals surface area contributed by atoms with Crippen molar-refractivity contribution in [1.82, 2.24) is 4.57 Å². The van der Waals surface area contributed by atoms with Gasteiger partial charge >= 0.3 is 0 Å². The van der Waals surface area contributed by atoms with E-state index in [1.165, 1.54) is 82.4 Å². The maximum Gasteiger partial charge on any atom is 0.0756 e. The summed E-state index contributed by atoms with van der Waals surface area (Å²) in [5.74, 6) is 0. The van der Waals surface area contributed by atoms with Gasteiger partial charge in [-0.3, -0.25) is 0 Å². The van der Waals surface area contributed by atoms with Gasteiger partial charge < -0.3 is 24.6 Å². The van der Waals surface area contributed by atoms with Crippen LogP contribution in [0.3, 0.4) is 0 Å². The van der Waals surface area contributed by atoms with Gasteiger partial charge in [-0.05, 0) is 189 Å². The van der Waals surface area contributed by atoms with E-state index in [1.807, 2.05) is 0 Å². The molecule has 2 aliphatic rings. The predicted octanol–water partition coefficient (Wildman–Crippen LogP) is 23.6. The third-order valence-electron chi connectivity index (χ3n) is 19.1. The highest BCUT2D eigenvalue weighted by Gasteiger charge is 2.51. The summed E-state index contributed by atoms with van der Waals surface area (Å²) in [6.07, 6.45) is 0. The summed E-state index contributed by atoms with van der Waals surface area (Å²) in [6, 6.07) is 129. The summed E-state index contributed by atoms with van der Waals surface area (Å²) in [7, 11) is 0. The van der Waals surface area contributed by atoms with Gasteiger partial charge in [0.05, 0.1) is 27.8 Å². The first-order chi connectivity index (χ1) is 45.7. The lowest BCUT2D eigenvalue weighted by atomic mass is 9.65. The van der Waals surface area contributed by atoms with E-state index >= 15 is 0 Å². The molecule has 432 valence electrons. The van der Waals surface area contributed by atoms with Crippen LogP contribution in [-0.2, 0) is 5.41 Å². The van der Waals surface area contributed by atoms with Crippen molar-refractivity contribution in [2.75, 3.05) is 20.0 Å². The first-order valence-corrected chi connectivity index (χ1v) is 31.7. The third kappa shape index (κ3) is 8.33. The van der Waals surface area contributed by atoms with Gasteiger partial charge in [0.25, 0.3) is 0 Å². The van der Waals surface area contributed by atoms with Gasteiger partial charge in [-0.1, -0.05) is 218 Å². The Kier molecular flexibility index (Phi) is 12.4. The summed E-state index contributed by atoms with van der Waals surface area (Å²) >= 11 is 0. The molecule has 2 heterocycles. The zero-order valence-corrected chi connectivity index (χ0v) is 50.3. The minimum atomic E-state index is -0.771. The molecule has 1 unspecified atom stereocenters. The number of rotatable bonds is 12. The molecule has 92 heavy (non-hydrogen) atoms. The molecule has 1 aromatic heterocycles. The number of hydrogen-bond donors (Lipinski definition) is 1. The highest BCUT2D eigenvalue weighted by molar-refractivity contribution is 6.13. The van der Waals surface area contributed by atoms with Crippen molar-refractivity contribution in [3.63, 3.8) is 0 Å². The molecule has 1 spiro atoms. The number of aromatic nitrogens is 1. The quantitative estimate of drug-likeness (QED) is 0.132. The molecule has 0 saturated heterocycles. The van der Waals surface area contributed by atoms with Gasteiger partial charge in [-0.15, -0.1) is 0 Å². The van der Waals surface area contributed by atoms with E-state index in [0.29, 0.717) is 0 Å². The maximum absolute atomic E-state index is 4.14. The first kappa shape index (κ1) is 52.9. The SMILES string of the molecule is c1ccc(N(c2ccccc2)c2ccc(N(c3ccc4c(c3)C3(c5cc(Nc6ccc(N(c7ccccc7)c7ccccc7)cc6-c6cccc7ccccc67)ccc5-4)c4ccccc4-n4c5ccccc5c5cccc3c54)c3cccc4ccccc34)cc2)cc1. The highest BCUT2D eigenvalue weighted by atomic mass is 15.2.